The van der Waals surface area contributed by atoms with E-state index in [1.165, 1.54) is 6.42 Å². The lowest BCUT2D eigenvalue weighted by molar-refractivity contribution is 0.170. The summed E-state index contributed by atoms with van der Waals surface area (Å²) in [6.45, 7) is 0.210. The van der Waals surface area contributed by atoms with E-state index in [0.717, 1.165) is 31.2 Å². The van der Waals surface area contributed by atoms with Gasteiger partial charge in [-0.25, -0.2) is 0 Å². The number of hydrogen-bond donors (Lipinski definition) is 1. The first-order chi connectivity index (χ1) is 9.15. The standard InChI is InChI=1S/C14H18ClNO3/c1-17-12-9(15)7-10-13(19-8-18-10)11(12)14(16)5-3-2-4-6-14/h7H,2-6,8,16H2,1H3. The lowest BCUT2D eigenvalue weighted by Gasteiger charge is -2.35. The third kappa shape index (κ3) is 2.03. The van der Waals surface area contributed by atoms with Crippen LogP contribution in [0.5, 0.6) is 17.2 Å². The molecule has 1 heterocycles. The fourth-order valence-electron chi connectivity index (χ4n) is 3.08. The van der Waals surface area contributed by atoms with Crippen LogP contribution in [0.15, 0.2) is 6.07 Å². The molecule has 0 bridgehead atoms. The molecule has 1 aromatic rings. The van der Waals surface area contributed by atoms with E-state index in [0.29, 0.717) is 22.3 Å². The Labute approximate surface area is 117 Å². The zero-order chi connectivity index (χ0) is 13.5. The lowest BCUT2D eigenvalue weighted by atomic mass is 9.76. The van der Waals surface area contributed by atoms with Gasteiger partial charge in [0.2, 0.25) is 6.79 Å². The summed E-state index contributed by atoms with van der Waals surface area (Å²) in [5.41, 5.74) is 7.06. The van der Waals surface area contributed by atoms with E-state index in [-0.39, 0.29) is 6.79 Å². The molecule has 0 spiro atoms. The molecule has 4 nitrogen and oxygen atoms in total. The molecule has 0 amide bonds. The van der Waals surface area contributed by atoms with Crippen molar-refractivity contribution in [3.05, 3.63) is 16.7 Å². The predicted octanol–water partition coefficient (Wildman–Crippen LogP) is 3.20. The van der Waals surface area contributed by atoms with Crippen molar-refractivity contribution in [2.75, 3.05) is 13.9 Å². The predicted molar refractivity (Wildman–Crippen MR) is 73.1 cm³/mol. The van der Waals surface area contributed by atoms with Gasteiger partial charge in [0.1, 0.15) is 5.75 Å². The molecule has 2 aliphatic rings. The second-order valence-corrected chi connectivity index (χ2v) is 5.62. The molecule has 1 aliphatic heterocycles. The molecule has 1 fully saturated rings. The maximum Gasteiger partial charge on any atom is 0.231 e. The van der Waals surface area contributed by atoms with Crippen LogP contribution in [0.3, 0.4) is 0 Å². The van der Waals surface area contributed by atoms with E-state index >= 15 is 0 Å². The summed E-state index contributed by atoms with van der Waals surface area (Å²) in [5, 5.41) is 0.525. The number of benzene rings is 1. The van der Waals surface area contributed by atoms with Gasteiger partial charge in [-0.1, -0.05) is 30.9 Å². The molecule has 0 saturated heterocycles. The van der Waals surface area contributed by atoms with Gasteiger partial charge in [0.25, 0.3) is 0 Å². The second-order valence-electron chi connectivity index (χ2n) is 5.22. The van der Waals surface area contributed by atoms with Crippen molar-refractivity contribution in [1.29, 1.82) is 0 Å². The van der Waals surface area contributed by atoms with Crippen LogP contribution in [0.4, 0.5) is 0 Å². The molecule has 19 heavy (non-hydrogen) atoms. The summed E-state index contributed by atoms with van der Waals surface area (Å²) in [6, 6.07) is 1.73. The van der Waals surface area contributed by atoms with Crippen molar-refractivity contribution in [1.82, 2.24) is 0 Å². The highest BCUT2D eigenvalue weighted by Crippen LogP contribution is 2.52. The van der Waals surface area contributed by atoms with Gasteiger partial charge in [-0.05, 0) is 12.8 Å². The Bertz CT molecular complexity index is 494. The van der Waals surface area contributed by atoms with E-state index in [1.807, 2.05) is 0 Å². The largest absolute Gasteiger partial charge is 0.495 e. The molecule has 0 aromatic heterocycles. The summed E-state index contributed by atoms with van der Waals surface area (Å²) in [6.07, 6.45) is 5.28. The van der Waals surface area contributed by atoms with Gasteiger partial charge in [-0.2, -0.15) is 0 Å². The first-order valence-corrected chi connectivity index (χ1v) is 6.99. The van der Waals surface area contributed by atoms with Crippen molar-refractivity contribution in [3.63, 3.8) is 0 Å². The SMILES string of the molecule is COc1c(Cl)cc2c(c1C1(N)CCCCC1)OCO2. The average Bonchev–Trinajstić information content (AvgIpc) is 2.85. The van der Waals surface area contributed by atoms with Gasteiger partial charge in [0, 0.05) is 11.6 Å². The Hall–Kier alpha value is -1.13. The summed E-state index contributed by atoms with van der Waals surface area (Å²) in [5.74, 6) is 1.98. The fourth-order valence-corrected chi connectivity index (χ4v) is 3.35. The van der Waals surface area contributed by atoms with Crippen molar-refractivity contribution in [2.24, 2.45) is 5.73 Å². The Balaban J connectivity index is 2.17. The quantitative estimate of drug-likeness (QED) is 0.906. The van der Waals surface area contributed by atoms with Gasteiger partial charge in [-0.15, -0.1) is 0 Å². The summed E-state index contributed by atoms with van der Waals surface area (Å²) in [7, 11) is 1.61. The molecule has 1 aliphatic carbocycles. The normalized spacial score (nSPS) is 20.4. The van der Waals surface area contributed by atoms with Crippen LogP contribution in [0.2, 0.25) is 5.02 Å². The van der Waals surface area contributed by atoms with Crippen LogP contribution in [-0.4, -0.2) is 13.9 Å². The Morgan fingerprint density at radius 1 is 1.26 bits per heavy atom. The van der Waals surface area contributed by atoms with Gasteiger partial charge in [0.05, 0.1) is 17.7 Å². The van der Waals surface area contributed by atoms with E-state index in [9.17, 15) is 0 Å². The minimum absolute atomic E-state index is 0.210. The average molecular weight is 284 g/mol. The molecule has 1 saturated carbocycles. The summed E-state index contributed by atoms with van der Waals surface area (Å²) < 4.78 is 16.5. The number of rotatable bonds is 2. The number of ether oxygens (including phenoxy) is 3. The Kier molecular flexibility index (Phi) is 3.23. The van der Waals surface area contributed by atoms with Crippen LogP contribution >= 0.6 is 11.6 Å². The summed E-state index contributed by atoms with van der Waals surface area (Å²) in [4.78, 5) is 0. The molecule has 1 aromatic carbocycles. The lowest BCUT2D eigenvalue weighted by Crippen LogP contribution is -2.39. The van der Waals surface area contributed by atoms with Crippen molar-refractivity contribution in [2.45, 2.75) is 37.6 Å². The number of nitrogens with two attached hydrogens (primary N) is 1. The molecule has 2 N–H and O–H groups in total. The maximum absolute atomic E-state index is 6.62. The fraction of sp³-hybridized carbons (Fsp3) is 0.571. The van der Waals surface area contributed by atoms with Crippen molar-refractivity contribution in [3.8, 4) is 17.2 Å². The minimum Gasteiger partial charge on any atom is -0.495 e. The molecule has 3 rings (SSSR count). The second kappa shape index (κ2) is 4.76. The van der Waals surface area contributed by atoms with Gasteiger partial charge in [0.15, 0.2) is 11.5 Å². The van der Waals surface area contributed by atoms with Crippen LogP contribution < -0.4 is 19.9 Å². The molecule has 5 heteroatoms. The van der Waals surface area contributed by atoms with Crippen molar-refractivity contribution < 1.29 is 14.2 Å². The topological polar surface area (TPSA) is 53.7 Å². The zero-order valence-electron chi connectivity index (χ0n) is 11.0. The molecular formula is C14H18ClNO3. The molecule has 104 valence electrons. The highest BCUT2D eigenvalue weighted by atomic mass is 35.5. The van der Waals surface area contributed by atoms with Crippen LogP contribution in [0, 0.1) is 0 Å². The van der Waals surface area contributed by atoms with Crippen LogP contribution in [0.25, 0.3) is 0 Å². The highest BCUT2D eigenvalue weighted by Gasteiger charge is 2.39. The smallest absolute Gasteiger partial charge is 0.231 e. The molecule has 0 radical (unpaired) electrons. The van der Waals surface area contributed by atoms with E-state index in [2.05, 4.69) is 0 Å². The number of halogens is 1. The van der Waals surface area contributed by atoms with Gasteiger partial charge in [-0.3, -0.25) is 0 Å². The Morgan fingerprint density at radius 2 is 2.00 bits per heavy atom. The molecule has 0 atom stereocenters. The van der Waals surface area contributed by atoms with Crippen molar-refractivity contribution >= 4 is 11.6 Å². The molecule has 0 unspecified atom stereocenters. The third-order valence-corrected chi connectivity index (χ3v) is 4.30. The molecular weight excluding hydrogens is 266 g/mol. The number of hydrogen-bond acceptors (Lipinski definition) is 4. The maximum atomic E-state index is 6.62. The number of fused-ring (bicyclic) bond motifs is 1. The third-order valence-electron chi connectivity index (χ3n) is 4.02. The van der Waals surface area contributed by atoms with E-state index in [4.69, 9.17) is 31.5 Å². The van der Waals surface area contributed by atoms with Crippen LogP contribution in [0.1, 0.15) is 37.7 Å². The zero-order valence-corrected chi connectivity index (χ0v) is 11.8. The minimum atomic E-state index is -0.438. The van der Waals surface area contributed by atoms with Gasteiger partial charge >= 0.3 is 0 Å². The summed E-state index contributed by atoms with van der Waals surface area (Å²) >= 11 is 6.28. The monoisotopic (exact) mass is 283 g/mol. The Morgan fingerprint density at radius 3 is 2.68 bits per heavy atom. The van der Waals surface area contributed by atoms with E-state index in [1.54, 1.807) is 13.2 Å². The van der Waals surface area contributed by atoms with E-state index < -0.39 is 5.54 Å². The highest BCUT2D eigenvalue weighted by molar-refractivity contribution is 6.32. The first-order valence-electron chi connectivity index (χ1n) is 6.61. The van der Waals surface area contributed by atoms with Gasteiger partial charge < -0.3 is 19.9 Å². The van der Waals surface area contributed by atoms with Crippen LogP contribution in [-0.2, 0) is 5.54 Å². The number of methoxy groups -OCH3 is 1. The first kappa shape index (κ1) is 12.9.